The molecule has 1 aromatic rings. The van der Waals surface area contributed by atoms with Gasteiger partial charge in [0.25, 0.3) is 0 Å². The number of aliphatic hydroxyl groups is 1. The molecule has 0 amide bonds. The molecule has 6 aliphatic rings. The van der Waals surface area contributed by atoms with Gasteiger partial charge in [-0.25, -0.2) is 0 Å². The van der Waals surface area contributed by atoms with Gasteiger partial charge in [0.1, 0.15) is 5.41 Å². The van der Waals surface area contributed by atoms with Crippen molar-refractivity contribution in [2.24, 2.45) is 11.3 Å². The van der Waals surface area contributed by atoms with Crippen LogP contribution in [0.2, 0.25) is 0 Å². The van der Waals surface area contributed by atoms with Gasteiger partial charge in [0.2, 0.25) is 0 Å². The molecule has 8 atom stereocenters. The molecule has 2 N–H and O–H groups in total. The molecular formula is C21H25ClN2O3. The topological polar surface area (TPSA) is 61.8 Å². The largest absolute Gasteiger partial charge is 0.468 e. The number of methoxy groups -OCH3 is 1. The number of allylic oxidation sites excluding steroid dienone is 1. The van der Waals surface area contributed by atoms with E-state index in [2.05, 4.69) is 35.3 Å². The van der Waals surface area contributed by atoms with Gasteiger partial charge in [0.05, 0.1) is 19.3 Å². The third-order valence-corrected chi connectivity index (χ3v) is 8.30. The number of anilines is 1. The molecule has 0 radical (unpaired) electrons. The van der Waals surface area contributed by atoms with Crippen LogP contribution in [0, 0.1) is 11.3 Å². The Labute approximate surface area is 165 Å². The fourth-order valence-electron chi connectivity index (χ4n) is 7.49. The Morgan fingerprint density at radius 3 is 2.93 bits per heavy atom. The first kappa shape index (κ1) is 17.5. The SMILES string of the molecule is CC=C1CN2[C@H]3C[C@@]45c6ccccc6N[C@@H]4[C@@H]2C[C@H]1C3(C(=O)OC)C5O.Cl. The van der Waals surface area contributed by atoms with Gasteiger partial charge in [-0.05, 0) is 31.4 Å². The predicted octanol–water partition coefficient (Wildman–Crippen LogP) is 2.10. The third kappa shape index (κ3) is 1.57. The average Bonchev–Trinajstić information content (AvgIpc) is 3.13. The standard InChI is InChI=1S/C21H24N2O3.ClH/c1-3-11-10-23-15-8-13(11)21(19(25)26-2)16(23)9-20(18(21)24)12-6-4-5-7-14(12)22-17(15)20;/h3-7,13,15-18,22,24H,8-10H2,1-2H3;1H/t13-,15+,16+,17-,18?,20-,21?;/m1./s1. The molecule has 1 aromatic carbocycles. The van der Waals surface area contributed by atoms with E-state index in [1.54, 1.807) is 0 Å². The number of nitrogens with one attached hydrogen (secondary N) is 1. The van der Waals surface area contributed by atoms with E-state index in [9.17, 15) is 9.90 Å². The summed E-state index contributed by atoms with van der Waals surface area (Å²) in [6.45, 7) is 2.96. The van der Waals surface area contributed by atoms with Gasteiger partial charge in [0, 0.05) is 35.6 Å². The summed E-state index contributed by atoms with van der Waals surface area (Å²) in [5, 5.41) is 15.6. The molecule has 5 bridgehead atoms. The summed E-state index contributed by atoms with van der Waals surface area (Å²) in [5.74, 6) is -0.154. The Bertz CT molecular complexity index is 873. The highest BCUT2D eigenvalue weighted by molar-refractivity contribution is 5.85. The lowest BCUT2D eigenvalue weighted by Crippen LogP contribution is -2.71. The fraction of sp³-hybridized carbons (Fsp3) is 0.571. The zero-order chi connectivity index (χ0) is 17.8. The number of hydrogen-bond acceptors (Lipinski definition) is 5. The molecular weight excluding hydrogens is 364 g/mol. The lowest BCUT2D eigenvalue weighted by Gasteiger charge is -2.60. The van der Waals surface area contributed by atoms with E-state index in [1.807, 2.05) is 12.1 Å². The van der Waals surface area contributed by atoms with Crippen molar-refractivity contribution >= 4 is 24.1 Å². The Morgan fingerprint density at radius 2 is 2.19 bits per heavy atom. The minimum Gasteiger partial charge on any atom is -0.468 e. The molecule has 5 fully saturated rings. The molecule has 3 unspecified atom stereocenters. The van der Waals surface area contributed by atoms with Crippen molar-refractivity contribution in [2.75, 3.05) is 19.0 Å². The number of carbonyl (C=O) groups is 1. The van der Waals surface area contributed by atoms with E-state index in [0.717, 1.165) is 25.1 Å². The molecule has 5 heterocycles. The molecule has 0 aromatic heterocycles. The highest BCUT2D eigenvalue weighted by Crippen LogP contribution is 2.71. The Hall–Kier alpha value is -1.56. The summed E-state index contributed by atoms with van der Waals surface area (Å²) in [4.78, 5) is 15.7. The van der Waals surface area contributed by atoms with Crippen molar-refractivity contribution in [3.63, 3.8) is 0 Å². The van der Waals surface area contributed by atoms with Crippen molar-refractivity contribution in [1.82, 2.24) is 4.90 Å². The predicted molar refractivity (Wildman–Crippen MR) is 104 cm³/mol. The molecule has 1 saturated carbocycles. The fourth-order valence-corrected chi connectivity index (χ4v) is 7.49. The van der Waals surface area contributed by atoms with Crippen LogP contribution in [0.15, 0.2) is 35.9 Å². The monoisotopic (exact) mass is 388 g/mol. The highest BCUT2D eigenvalue weighted by Gasteiger charge is 2.82. The number of piperidine rings is 4. The first-order valence-electron chi connectivity index (χ1n) is 9.64. The number of esters is 1. The Morgan fingerprint density at radius 1 is 1.41 bits per heavy atom. The zero-order valence-electron chi connectivity index (χ0n) is 15.5. The minimum absolute atomic E-state index is 0. The quantitative estimate of drug-likeness (QED) is 0.570. The molecule has 1 aliphatic carbocycles. The smallest absolute Gasteiger partial charge is 0.316 e. The van der Waals surface area contributed by atoms with Gasteiger partial charge in [-0.3, -0.25) is 9.69 Å². The van der Waals surface area contributed by atoms with E-state index in [0.29, 0.717) is 6.04 Å². The number of nitrogens with zero attached hydrogens (tertiary/aromatic N) is 1. The number of rotatable bonds is 1. The second-order valence-corrected chi connectivity index (χ2v) is 8.65. The maximum atomic E-state index is 13.2. The van der Waals surface area contributed by atoms with Crippen LogP contribution in [-0.4, -0.2) is 53.9 Å². The number of para-hydroxylation sites is 1. The lowest BCUT2D eigenvalue weighted by atomic mass is 9.58. The Kier molecular flexibility index (Phi) is 3.43. The van der Waals surface area contributed by atoms with Gasteiger partial charge in [-0.1, -0.05) is 29.8 Å². The number of carbonyl (C=O) groups excluding carboxylic acids is 1. The van der Waals surface area contributed by atoms with Gasteiger partial charge in [0.15, 0.2) is 0 Å². The summed E-state index contributed by atoms with van der Waals surface area (Å²) in [5.41, 5.74) is 2.34. The van der Waals surface area contributed by atoms with Crippen LogP contribution in [0.25, 0.3) is 0 Å². The van der Waals surface area contributed by atoms with Gasteiger partial charge < -0.3 is 15.2 Å². The van der Waals surface area contributed by atoms with Crippen LogP contribution >= 0.6 is 12.4 Å². The number of aliphatic hydroxyl groups excluding tert-OH is 1. The van der Waals surface area contributed by atoms with Crippen molar-refractivity contribution in [2.45, 2.75) is 49.4 Å². The molecule has 6 heteroatoms. The van der Waals surface area contributed by atoms with Crippen molar-refractivity contribution in [3.05, 3.63) is 41.5 Å². The molecule has 5 aliphatic heterocycles. The average molecular weight is 389 g/mol. The maximum Gasteiger partial charge on any atom is 0.316 e. The second-order valence-electron chi connectivity index (χ2n) is 8.65. The number of ether oxygens (including phenoxy) is 1. The normalized spacial score (nSPS) is 48.6. The van der Waals surface area contributed by atoms with Crippen LogP contribution in [0.1, 0.15) is 25.3 Å². The summed E-state index contributed by atoms with van der Waals surface area (Å²) in [6.07, 6.45) is 3.15. The summed E-state index contributed by atoms with van der Waals surface area (Å²) < 4.78 is 5.34. The van der Waals surface area contributed by atoms with E-state index < -0.39 is 16.9 Å². The number of benzene rings is 1. The van der Waals surface area contributed by atoms with E-state index in [1.165, 1.54) is 18.2 Å². The molecule has 144 valence electrons. The third-order valence-electron chi connectivity index (χ3n) is 8.30. The summed E-state index contributed by atoms with van der Waals surface area (Å²) >= 11 is 0. The van der Waals surface area contributed by atoms with E-state index in [-0.39, 0.29) is 36.4 Å². The Balaban J connectivity index is 0.00000160. The van der Waals surface area contributed by atoms with E-state index in [4.69, 9.17) is 4.74 Å². The maximum absolute atomic E-state index is 13.2. The van der Waals surface area contributed by atoms with Crippen LogP contribution in [-0.2, 0) is 14.9 Å². The first-order valence-corrected chi connectivity index (χ1v) is 9.64. The van der Waals surface area contributed by atoms with Gasteiger partial charge in [-0.2, -0.15) is 0 Å². The number of hydrogen-bond donors (Lipinski definition) is 2. The molecule has 4 saturated heterocycles. The van der Waals surface area contributed by atoms with Gasteiger partial charge in [-0.15, -0.1) is 12.4 Å². The van der Waals surface area contributed by atoms with Crippen LogP contribution in [0.3, 0.4) is 0 Å². The zero-order valence-corrected chi connectivity index (χ0v) is 16.3. The molecule has 1 spiro atoms. The van der Waals surface area contributed by atoms with Crippen molar-refractivity contribution < 1.29 is 14.6 Å². The van der Waals surface area contributed by atoms with Crippen LogP contribution in [0.4, 0.5) is 5.69 Å². The number of fused-ring (bicyclic) bond motifs is 2. The molecule has 27 heavy (non-hydrogen) atoms. The minimum atomic E-state index is -0.848. The van der Waals surface area contributed by atoms with E-state index >= 15 is 0 Å². The van der Waals surface area contributed by atoms with Gasteiger partial charge >= 0.3 is 5.97 Å². The van der Waals surface area contributed by atoms with Crippen molar-refractivity contribution in [3.8, 4) is 0 Å². The van der Waals surface area contributed by atoms with Crippen molar-refractivity contribution in [1.29, 1.82) is 0 Å². The number of halogens is 1. The second kappa shape index (κ2) is 5.28. The molecule has 7 rings (SSSR count). The van der Waals surface area contributed by atoms with Crippen LogP contribution < -0.4 is 5.32 Å². The van der Waals surface area contributed by atoms with Crippen LogP contribution in [0.5, 0.6) is 0 Å². The highest BCUT2D eigenvalue weighted by atomic mass is 35.5. The summed E-state index contributed by atoms with van der Waals surface area (Å²) in [7, 11) is 1.46. The summed E-state index contributed by atoms with van der Waals surface area (Å²) in [6, 6.07) is 8.89. The first-order chi connectivity index (χ1) is 12.6. The molecule has 5 nitrogen and oxygen atoms in total. The lowest BCUT2D eigenvalue weighted by molar-refractivity contribution is -0.179.